The molecule has 1 unspecified atom stereocenters. The molecule has 0 aliphatic carbocycles. The summed E-state index contributed by atoms with van der Waals surface area (Å²) in [4.78, 5) is 16.4. The van der Waals surface area contributed by atoms with Crippen LogP contribution < -0.4 is 16.0 Å². The van der Waals surface area contributed by atoms with Crippen LogP contribution >= 0.6 is 0 Å². The number of hydrogen-bond acceptors (Lipinski definition) is 3. The molecule has 0 saturated carbocycles. The second kappa shape index (κ2) is 12.1. The molecule has 0 aromatic carbocycles. The molecular formula is C18H38N4O2. The molecule has 0 aliphatic rings. The highest BCUT2D eigenvalue weighted by Crippen LogP contribution is 2.12. The van der Waals surface area contributed by atoms with Crippen molar-refractivity contribution in [2.75, 3.05) is 32.8 Å². The normalized spacial score (nSPS) is 13.8. The third-order valence-corrected chi connectivity index (χ3v) is 3.54. The SMILES string of the molecule is CCNC(=NCCC(OCC)C(C)C)NCCNC(=O)C(C)(C)C. The number of amides is 1. The Morgan fingerprint density at radius 2 is 1.71 bits per heavy atom. The quantitative estimate of drug-likeness (QED) is 0.323. The molecule has 0 aliphatic heterocycles. The van der Waals surface area contributed by atoms with Crippen molar-refractivity contribution in [2.45, 2.75) is 61.0 Å². The first-order valence-corrected chi connectivity index (χ1v) is 9.14. The summed E-state index contributed by atoms with van der Waals surface area (Å²) >= 11 is 0. The van der Waals surface area contributed by atoms with Gasteiger partial charge in [0, 0.05) is 38.2 Å². The van der Waals surface area contributed by atoms with Gasteiger partial charge in [-0.1, -0.05) is 34.6 Å². The van der Waals surface area contributed by atoms with Crippen LogP contribution in [0.25, 0.3) is 0 Å². The van der Waals surface area contributed by atoms with Gasteiger partial charge in [-0.3, -0.25) is 9.79 Å². The highest BCUT2D eigenvalue weighted by atomic mass is 16.5. The average molecular weight is 343 g/mol. The summed E-state index contributed by atoms with van der Waals surface area (Å²) in [5.74, 6) is 1.33. The van der Waals surface area contributed by atoms with Crippen molar-refractivity contribution >= 4 is 11.9 Å². The number of hydrogen-bond donors (Lipinski definition) is 3. The van der Waals surface area contributed by atoms with E-state index < -0.39 is 0 Å². The van der Waals surface area contributed by atoms with E-state index in [0.717, 1.165) is 25.5 Å². The zero-order chi connectivity index (χ0) is 18.6. The molecule has 142 valence electrons. The molecule has 6 nitrogen and oxygen atoms in total. The first kappa shape index (κ1) is 22.7. The minimum Gasteiger partial charge on any atom is -0.378 e. The summed E-state index contributed by atoms with van der Waals surface area (Å²) in [5, 5.41) is 9.39. The zero-order valence-corrected chi connectivity index (χ0v) is 16.7. The van der Waals surface area contributed by atoms with Crippen molar-refractivity contribution < 1.29 is 9.53 Å². The van der Waals surface area contributed by atoms with Gasteiger partial charge in [0.2, 0.25) is 5.91 Å². The smallest absolute Gasteiger partial charge is 0.225 e. The van der Waals surface area contributed by atoms with Gasteiger partial charge in [-0.2, -0.15) is 0 Å². The van der Waals surface area contributed by atoms with Crippen molar-refractivity contribution in [3.63, 3.8) is 0 Å². The van der Waals surface area contributed by atoms with E-state index in [0.29, 0.717) is 25.6 Å². The van der Waals surface area contributed by atoms with Crippen LogP contribution in [0, 0.1) is 11.3 Å². The molecule has 0 fully saturated rings. The van der Waals surface area contributed by atoms with E-state index in [-0.39, 0.29) is 17.4 Å². The summed E-state index contributed by atoms with van der Waals surface area (Å²) < 4.78 is 5.74. The topological polar surface area (TPSA) is 74.8 Å². The average Bonchev–Trinajstić information content (AvgIpc) is 2.49. The first-order valence-electron chi connectivity index (χ1n) is 9.14. The van der Waals surface area contributed by atoms with E-state index in [1.165, 1.54) is 0 Å². The summed E-state index contributed by atoms with van der Waals surface area (Å²) in [6.07, 6.45) is 1.15. The minimum absolute atomic E-state index is 0.0581. The fourth-order valence-corrected chi connectivity index (χ4v) is 2.09. The maximum absolute atomic E-state index is 11.8. The Morgan fingerprint density at radius 1 is 1.08 bits per heavy atom. The van der Waals surface area contributed by atoms with E-state index in [9.17, 15) is 4.79 Å². The van der Waals surface area contributed by atoms with E-state index in [2.05, 4.69) is 34.8 Å². The standard InChI is InChI=1S/C18H38N4O2/c1-8-19-17(21-11-10-15(14(3)4)24-9-2)22-13-12-20-16(23)18(5,6)7/h14-15H,8-13H2,1-7H3,(H,20,23)(H2,19,21,22). The fourth-order valence-electron chi connectivity index (χ4n) is 2.09. The Morgan fingerprint density at radius 3 is 2.21 bits per heavy atom. The molecule has 6 heteroatoms. The zero-order valence-electron chi connectivity index (χ0n) is 16.7. The van der Waals surface area contributed by atoms with Crippen LogP contribution in [0.4, 0.5) is 0 Å². The lowest BCUT2D eigenvalue weighted by Gasteiger charge is -2.20. The number of nitrogens with one attached hydrogen (secondary N) is 3. The fraction of sp³-hybridized carbons (Fsp3) is 0.889. The Kier molecular flexibility index (Phi) is 11.5. The van der Waals surface area contributed by atoms with Crippen molar-refractivity contribution in [3.05, 3.63) is 0 Å². The second-order valence-corrected chi connectivity index (χ2v) is 7.22. The monoisotopic (exact) mass is 342 g/mol. The lowest BCUT2D eigenvalue weighted by molar-refractivity contribution is -0.128. The van der Waals surface area contributed by atoms with Crippen LogP contribution in [0.3, 0.4) is 0 Å². The number of rotatable bonds is 10. The van der Waals surface area contributed by atoms with Gasteiger partial charge in [-0.25, -0.2) is 0 Å². The van der Waals surface area contributed by atoms with Gasteiger partial charge < -0.3 is 20.7 Å². The van der Waals surface area contributed by atoms with Crippen LogP contribution in [-0.4, -0.2) is 50.8 Å². The predicted molar refractivity (Wildman–Crippen MR) is 101 cm³/mol. The lowest BCUT2D eigenvalue weighted by atomic mass is 9.96. The van der Waals surface area contributed by atoms with Crippen molar-refractivity contribution in [1.82, 2.24) is 16.0 Å². The molecule has 0 aromatic rings. The van der Waals surface area contributed by atoms with E-state index in [1.54, 1.807) is 0 Å². The third-order valence-electron chi connectivity index (χ3n) is 3.54. The van der Waals surface area contributed by atoms with Crippen molar-refractivity contribution in [1.29, 1.82) is 0 Å². The predicted octanol–water partition coefficient (Wildman–Crippen LogP) is 2.16. The molecule has 0 radical (unpaired) electrons. The van der Waals surface area contributed by atoms with Gasteiger partial charge in [-0.05, 0) is 26.2 Å². The van der Waals surface area contributed by atoms with Crippen LogP contribution in [0.2, 0.25) is 0 Å². The van der Waals surface area contributed by atoms with Gasteiger partial charge in [0.05, 0.1) is 6.10 Å². The van der Waals surface area contributed by atoms with Crippen molar-refractivity contribution in [2.24, 2.45) is 16.3 Å². The number of carbonyl (C=O) groups is 1. The van der Waals surface area contributed by atoms with Gasteiger partial charge in [0.15, 0.2) is 5.96 Å². The maximum atomic E-state index is 11.8. The summed E-state index contributed by atoms with van der Waals surface area (Å²) in [6.45, 7) is 17.6. The van der Waals surface area contributed by atoms with Gasteiger partial charge in [-0.15, -0.1) is 0 Å². The molecule has 0 aromatic heterocycles. The molecule has 0 saturated heterocycles. The Bertz CT molecular complexity index is 376. The molecule has 0 rings (SSSR count). The highest BCUT2D eigenvalue weighted by Gasteiger charge is 2.20. The van der Waals surface area contributed by atoms with Crippen LogP contribution in [0.5, 0.6) is 0 Å². The summed E-state index contributed by atoms with van der Waals surface area (Å²) in [5.41, 5.74) is -0.357. The summed E-state index contributed by atoms with van der Waals surface area (Å²) in [6, 6.07) is 0. The first-order chi connectivity index (χ1) is 11.2. The third kappa shape index (κ3) is 10.5. The van der Waals surface area contributed by atoms with Gasteiger partial charge in [0.25, 0.3) is 0 Å². The molecular weight excluding hydrogens is 304 g/mol. The van der Waals surface area contributed by atoms with E-state index in [1.807, 2.05) is 34.6 Å². The van der Waals surface area contributed by atoms with Crippen LogP contribution in [0.15, 0.2) is 4.99 Å². The largest absolute Gasteiger partial charge is 0.378 e. The molecule has 0 heterocycles. The van der Waals surface area contributed by atoms with Crippen molar-refractivity contribution in [3.8, 4) is 0 Å². The van der Waals surface area contributed by atoms with Gasteiger partial charge in [0.1, 0.15) is 0 Å². The summed E-state index contributed by atoms with van der Waals surface area (Å²) in [7, 11) is 0. The Balaban J connectivity index is 4.26. The Hall–Kier alpha value is -1.30. The Labute approximate surface area is 148 Å². The molecule has 24 heavy (non-hydrogen) atoms. The van der Waals surface area contributed by atoms with E-state index >= 15 is 0 Å². The van der Waals surface area contributed by atoms with Crippen LogP contribution in [0.1, 0.15) is 54.9 Å². The maximum Gasteiger partial charge on any atom is 0.225 e. The number of aliphatic imine (C=N–C) groups is 1. The molecule has 1 atom stereocenters. The van der Waals surface area contributed by atoms with Crippen LogP contribution in [-0.2, 0) is 9.53 Å². The second-order valence-electron chi connectivity index (χ2n) is 7.22. The number of ether oxygens (including phenoxy) is 1. The number of carbonyl (C=O) groups excluding carboxylic acids is 1. The number of guanidine groups is 1. The molecule has 3 N–H and O–H groups in total. The van der Waals surface area contributed by atoms with Gasteiger partial charge >= 0.3 is 0 Å². The number of nitrogens with zero attached hydrogens (tertiary/aromatic N) is 1. The molecule has 0 bridgehead atoms. The van der Waals surface area contributed by atoms with E-state index in [4.69, 9.17) is 4.74 Å². The highest BCUT2D eigenvalue weighted by molar-refractivity contribution is 5.81. The lowest BCUT2D eigenvalue weighted by Crippen LogP contribution is -2.43. The minimum atomic E-state index is -0.357. The molecule has 1 amide bonds. The molecule has 0 spiro atoms.